The first-order chi connectivity index (χ1) is 9.08. The first-order valence-corrected chi connectivity index (χ1v) is 6.74. The number of phenolic OH excluding ortho intramolecular Hbond substituents is 1. The predicted octanol–water partition coefficient (Wildman–Crippen LogP) is 2.00. The number of methoxy groups -OCH3 is 1. The molecule has 19 heavy (non-hydrogen) atoms. The highest BCUT2D eigenvalue weighted by Crippen LogP contribution is 2.41. The highest BCUT2D eigenvalue weighted by atomic mass is 16.5. The quantitative estimate of drug-likeness (QED) is 0.826. The molecule has 1 saturated carbocycles. The lowest BCUT2D eigenvalue weighted by Gasteiger charge is -2.43. The molecule has 1 aliphatic rings. The van der Waals surface area contributed by atoms with E-state index in [4.69, 9.17) is 4.74 Å². The molecule has 4 heteroatoms. The number of phenols is 1. The van der Waals surface area contributed by atoms with Crippen molar-refractivity contribution in [3.05, 3.63) is 23.8 Å². The first kappa shape index (κ1) is 14.2. The van der Waals surface area contributed by atoms with Crippen LogP contribution >= 0.6 is 0 Å². The summed E-state index contributed by atoms with van der Waals surface area (Å²) < 4.78 is 5.03. The fraction of sp³-hybridized carbons (Fsp3) is 0.600. The van der Waals surface area contributed by atoms with Gasteiger partial charge in [0.15, 0.2) is 11.5 Å². The van der Waals surface area contributed by atoms with Gasteiger partial charge < -0.3 is 19.8 Å². The minimum absolute atomic E-state index is 0.100. The van der Waals surface area contributed by atoms with E-state index in [0.29, 0.717) is 5.75 Å². The van der Waals surface area contributed by atoms with E-state index in [1.165, 1.54) is 6.42 Å². The van der Waals surface area contributed by atoms with Gasteiger partial charge in [-0.25, -0.2) is 0 Å². The number of aliphatic hydroxyl groups excluding tert-OH is 1. The van der Waals surface area contributed by atoms with Gasteiger partial charge in [-0.05, 0) is 37.6 Å². The maximum absolute atomic E-state index is 9.76. The van der Waals surface area contributed by atoms with Crippen molar-refractivity contribution < 1.29 is 14.9 Å². The van der Waals surface area contributed by atoms with Gasteiger partial charge in [0.1, 0.15) is 0 Å². The molecule has 106 valence electrons. The van der Waals surface area contributed by atoms with E-state index >= 15 is 0 Å². The zero-order valence-corrected chi connectivity index (χ0v) is 11.7. The number of rotatable bonds is 6. The van der Waals surface area contributed by atoms with Crippen LogP contribution in [-0.4, -0.2) is 42.4 Å². The highest BCUT2D eigenvalue weighted by Gasteiger charge is 2.37. The Bertz CT molecular complexity index is 424. The average molecular weight is 265 g/mol. The van der Waals surface area contributed by atoms with Crippen molar-refractivity contribution in [2.24, 2.45) is 5.41 Å². The van der Waals surface area contributed by atoms with Crippen molar-refractivity contribution in [2.75, 3.05) is 27.3 Å². The Kier molecular flexibility index (Phi) is 4.32. The van der Waals surface area contributed by atoms with Gasteiger partial charge in [0.25, 0.3) is 0 Å². The maximum atomic E-state index is 9.76. The molecule has 1 aromatic carbocycles. The normalized spacial score (nSPS) is 17.3. The average Bonchev–Trinajstić information content (AvgIpc) is 2.34. The zero-order valence-electron chi connectivity index (χ0n) is 11.7. The number of benzene rings is 1. The Labute approximate surface area is 114 Å². The second kappa shape index (κ2) is 5.80. The van der Waals surface area contributed by atoms with E-state index in [1.54, 1.807) is 19.2 Å². The van der Waals surface area contributed by atoms with E-state index < -0.39 is 0 Å². The van der Waals surface area contributed by atoms with Gasteiger partial charge in [0, 0.05) is 25.1 Å². The molecule has 4 nitrogen and oxygen atoms in total. The van der Waals surface area contributed by atoms with Crippen molar-refractivity contribution in [3.63, 3.8) is 0 Å². The van der Waals surface area contributed by atoms with Crippen LogP contribution in [0.2, 0.25) is 0 Å². The predicted molar refractivity (Wildman–Crippen MR) is 74.4 cm³/mol. The van der Waals surface area contributed by atoms with Gasteiger partial charge in [0.05, 0.1) is 7.11 Å². The standard InChI is InChI=1S/C15H23NO3/c1-16(10-15(11-17)6-3-7-15)9-12-4-5-14(19-2)13(18)8-12/h4-5,8,17-18H,3,6-7,9-11H2,1-2H3. The van der Waals surface area contributed by atoms with Crippen molar-refractivity contribution in [1.82, 2.24) is 4.90 Å². The van der Waals surface area contributed by atoms with Crippen LogP contribution in [0, 0.1) is 5.41 Å². The van der Waals surface area contributed by atoms with E-state index in [9.17, 15) is 10.2 Å². The Balaban J connectivity index is 1.95. The lowest BCUT2D eigenvalue weighted by molar-refractivity contribution is 0.0127. The summed E-state index contributed by atoms with van der Waals surface area (Å²) in [6, 6.07) is 5.48. The molecule has 0 amide bonds. The van der Waals surface area contributed by atoms with Gasteiger partial charge in [-0.1, -0.05) is 12.5 Å². The SMILES string of the molecule is COc1ccc(CN(C)CC2(CO)CCC2)cc1O. The summed E-state index contributed by atoms with van der Waals surface area (Å²) in [4.78, 5) is 2.20. The Morgan fingerprint density at radius 3 is 2.58 bits per heavy atom. The molecule has 0 aromatic heterocycles. The van der Waals surface area contributed by atoms with Crippen LogP contribution in [0.15, 0.2) is 18.2 Å². The van der Waals surface area contributed by atoms with Crippen molar-refractivity contribution in [2.45, 2.75) is 25.8 Å². The molecule has 0 unspecified atom stereocenters. The van der Waals surface area contributed by atoms with Crippen molar-refractivity contribution >= 4 is 0 Å². The summed E-state index contributed by atoms with van der Waals surface area (Å²) in [6.07, 6.45) is 3.45. The second-order valence-corrected chi connectivity index (χ2v) is 5.69. The summed E-state index contributed by atoms with van der Waals surface area (Å²) >= 11 is 0. The van der Waals surface area contributed by atoms with Crippen LogP contribution in [-0.2, 0) is 6.54 Å². The third-order valence-corrected chi connectivity index (χ3v) is 4.05. The van der Waals surface area contributed by atoms with Crippen molar-refractivity contribution in [3.8, 4) is 11.5 Å². The van der Waals surface area contributed by atoms with E-state index in [0.717, 1.165) is 31.5 Å². The molecule has 0 radical (unpaired) electrons. The molecule has 0 aliphatic heterocycles. The van der Waals surface area contributed by atoms with Crippen molar-refractivity contribution in [1.29, 1.82) is 0 Å². The van der Waals surface area contributed by atoms with Crippen LogP contribution in [0.5, 0.6) is 11.5 Å². The molecular weight excluding hydrogens is 242 g/mol. The van der Waals surface area contributed by atoms with Crippen LogP contribution < -0.4 is 4.74 Å². The monoisotopic (exact) mass is 265 g/mol. The Morgan fingerprint density at radius 2 is 2.11 bits per heavy atom. The molecular formula is C15H23NO3. The van der Waals surface area contributed by atoms with Gasteiger partial charge in [-0.15, -0.1) is 0 Å². The summed E-state index contributed by atoms with van der Waals surface area (Å²) in [5, 5.41) is 19.2. The number of ether oxygens (including phenoxy) is 1. The summed E-state index contributed by atoms with van der Waals surface area (Å²) in [7, 11) is 3.60. The van der Waals surface area contributed by atoms with Gasteiger partial charge in [-0.3, -0.25) is 0 Å². The molecule has 0 heterocycles. The molecule has 1 aliphatic carbocycles. The van der Waals surface area contributed by atoms with E-state index in [2.05, 4.69) is 11.9 Å². The molecule has 2 rings (SSSR count). The Morgan fingerprint density at radius 1 is 1.37 bits per heavy atom. The van der Waals surface area contributed by atoms with Crippen LogP contribution in [0.4, 0.5) is 0 Å². The topological polar surface area (TPSA) is 52.9 Å². The van der Waals surface area contributed by atoms with Gasteiger partial charge in [0.2, 0.25) is 0 Å². The molecule has 0 atom stereocenters. The number of hydrogen-bond donors (Lipinski definition) is 2. The van der Waals surface area contributed by atoms with E-state index in [-0.39, 0.29) is 17.8 Å². The number of hydrogen-bond acceptors (Lipinski definition) is 4. The van der Waals surface area contributed by atoms with Crippen LogP contribution in [0.1, 0.15) is 24.8 Å². The van der Waals surface area contributed by atoms with Gasteiger partial charge >= 0.3 is 0 Å². The summed E-state index contributed by atoms with van der Waals surface area (Å²) in [5.41, 5.74) is 1.15. The van der Waals surface area contributed by atoms with Crippen LogP contribution in [0.25, 0.3) is 0 Å². The fourth-order valence-corrected chi connectivity index (χ4v) is 2.82. The Hall–Kier alpha value is -1.26. The third-order valence-electron chi connectivity index (χ3n) is 4.05. The molecule has 2 N–H and O–H groups in total. The van der Waals surface area contributed by atoms with Crippen LogP contribution in [0.3, 0.4) is 0 Å². The first-order valence-electron chi connectivity index (χ1n) is 6.74. The molecule has 0 bridgehead atoms. The minimum atomic E-state index is 0.100. The minimum Gasteiger partial charge on any atom is -0.504 e. The summed E-state index contributed by atoms with van der Waals surface area (Å²) in [5.74, 6) is 0.672. The largest absolute Gasteiger partial charge is 0.504 e. The summed E-state index contributed by atoms with van der Waals surface area (Å²) in [6.45, 7) is 1.93. The number of nitrogens with zero attached hydrogens (tertiary/aromatic N) is 1. The smallest absolute Gasteiger partial charge is 0.160 e. The van der Waals surface area contributed by atoms with E-state index in [1.807, 2.05) is 6.07 Å². The zero-order chi connectivity index (χ0) is 13.9. The lowest BCUT2D eigenvalue weighted by Crippen LogP contribution is -2.43. The lowest BCUT2D eigenvalue weighted by atomic mass is 9.69. The number of aliphatic hydroxyl groups is 1. The molecule has 1 fully saturated rings. The fourth-order valence-electron chi connectivity index (χ4n) is 2.82. The number of aromatic hydroxyl groups is 1. The molecule has 1 aromatic rings. The second-order valence-electron chi connectivity index (χ2n) is 5.69. The third kappa shape index (κ3) is 3.19. The molecule has 0 spiro atoms. The molecule has 0 saturated heterocycles. The highest BCUT2D eigenvalue weighted by molar-refractivity contribution is 5.41. The van der Waals surface area contributed by atoms with Gasteiger partial charge in [-0.2, -0.15) is 0 Å². The maximum Gasteiger partial charge on any atom is 0.160 e.